The number of carbonyl (C=O) groups is 2. The predicted octanol–water partition coefficient (Wildman–Crippen LogP) is 0.387. The summed E-state index contributed by atoms with van der Waals surface area (Å²) in [7, 11) is 0. The van der Waals surface area contributed by atoms with Gasteiger partial charge >= 0.3 is 0 Å². The van der Waals surface area contributed by atoms with Gasteiger partial charge in [-0.2, -0.15) is 0 Å². The van der Waals surface area contributed by atoms with E-state index in [1.807, 2.05) is 30.3 Å². The highest BCUT2D eigenvalue weighted by Crippen LogP contribution is 1.98. The zero-order chi connectivity index (χ0) is 12.8. The Bertz CT molecular complexity index is 500. The van der Waals surface area contributed by atoms with Gasteiger partial charge in [-0.15, -0.1) is 0 Å². The molecule has 0 unspecified atom stereocenters. The second-order valence-corrected chi connectivity index (χ2v) is 4.01. The van der Waals surface area contributed by atoms with E-state index in [-0.39, 0.29) is 11.8 Å². The minimum Gasteiger partial charge on any atom is -0.354 e. The fourth-order valence-corrected chi connectivity index (χ4v) is 1.70. The first kappa shape index (κ1) is 12.2. The molecule has 1 aliphatic heterocycles. The van der Waals surface area contributed by atoms with Crippen molar-refractivity contribution in [3.8, 4) is 11.8 Å². The van der Waals surface area contributed by atoms with E-state index < -0.39 is 0 Å². The number of hydrogen-bond donors (Lipinski definition) is 1. The van der Waals surface area contributed by atoms with Crippen LogP contribution in [0.15, 0.2) is 30.3 Å². The van der Waals surface area contributed by atoms with Crippen molar-refractivity contribution in [1.82, 2.24) is 10.2 Å². The van der Waals surface area contributed by atoms with Gasteiger partial charge in [0.1, 0.15) is 0 Å². The maximum absolute atomic E-state index is 11.8. The number of nitrogens with one attached hydrogen (secondary N) is 1. The highest BCUT2D eigenvalue weighted by molar-refractivity contribution is 5.94. The van der Waals surface area contributed by atoms with Crippen LogP contribution in [0.25, 0.3) is 0 Å². The molecule has 18 heavy (non-hydrogen) atoms. The van der Waals surface area contributed by atoms with Crippen molar-refractivity contribution >= 4 is 11.8 Å². The summed E-state index contributed by atoms with van der Waals surface area (Å²) in [5.41, 5.74) is 0.815. The molecule has 1 aromatic rings. The van der Waals surface area contributed by atoms with Gasteiger partial charge in [-0.3, -0.25) is 9.59 Å². The molecular formula is C14H14N2O2. The Labute approximate surface area is 106 Å². The van der Waals surface area contributed by atoms with E-state index in [4.69, 9.17) is 0 Å². The van der Waals surface area contributed by atoms with Crippen LogP contribution in [-0.2, 0) is 9.59 Å². The zero-order valence-corrected chi connectivity index (χ0v) is 9.98. The summed E-state index contributed by atoms with van der Waals surface area (Å²) in [5.74, 6) is 5.20. The van der Waals surface area contributed by atoms with Gasteiger partial charge in [-0.25, -0.2) is 0 Å². The first-order valence-corrected chi connectivity index (χ1v) is 5.88. The van der Waals surface area contributed by atoms with Crippen molar-refractivity contribution in [3.05, 3.63) is 35.9 Å². The summed E-state index contributed by atoms with van der Waals surface area (Å²) in [5, 5.41) is 2.72. The van der Waals surface area contributed by atoms with Crippen LogP contribution in [0.4, 0.5) is 0 Å². The van der Waals surface area contributed by atoms with Gasteiger partial charge in [0.15, 0.2) is 0 Å². The molecule has 0 atom stereocenters. The lowest BCUT2D eigenvalue weighted by molar-refractivity contribution is -0.125. The van der Waals surface area contributed by atoms with Crippen LogP contribution >= 0.6 is 0 Å². The van der Waals surface area contributed by atoms with Crippen LogP contribution in [0.3, 0.4) is 0 Å². The average molecular weight is 242 g/mol. The quantitative estimate of drug-likeness (QED) is 0.669. The lowest BCUT2D eigenvalue weighted by Crippen LogP contribution is -2.33. The van der Waals surface area contributed by atoms with Crippen LogP contribution in [0.2, 0.25) is 0 Å². The molecule has 4 heteroatoms. The number of hydrogen-bond acceptors (Lipinski definition) is 2. The summed E-state index contributed by atoms with van der Waals surface area (Å²) in [6.07, 6.45) is 0.346. The molecule has 0 spiro atoms. The zero-order valence-electron chi connectivity index (χ0n) is 9.98. The SMILES string of the molecule is O=C1CCN(C(=O)C#Cc2ccccc2)CCN1. The maximum atomic E-state index is 11.8. The third-order valence-corrected chi connectivity index (χ3v) is 2.69. The molecule has 0 saturated carbocycles. The topological polar surface area (TPSA) is 49.4 Å². The van der Waals surface area contributed by atoms with Gasteiger partial charge < -0.3 is 10.2 Å². The number of rotatable bonds is 0. The third-order valence-electron chi connectivity index (χ3n) is 2.69. The fraction of sp³-hybridized carbons (Fsp3) is 0.286. The first-order valence-electron chi connectivity index (χ1n) is 5.88. The Morgan fingerprint density at radius 1 is 1.22 bits per heavy atom. The van der Waals surface area contributed by atoms with Crippen molar-refractivity contribution < 1.29 is 9.59 Å². The van der Waals surface area contributed by atoms with Crippen LogP contribution < -0.4 is 5.32 Å². The first-order chi connectivity index (χ1) is 8.75. The van der Waals surface area contributed by atoms with Crippen LogP contribution in [-0.4, -0.2) is 36.3 Å². The van der Waals surface area contributed by atoms with Crippen molar-refractivity contribution in [2.75, 3.05) is 19.6 Å². The number of amides is 2. The Kier molecular flexibility index (Phi) is 3.98. The second-order valence-electron chi connectivity index (χ2n) is 4.01. The molecule has 1 N–H and O–H groups in total. The summed E-state index contributed by atoms with van der Waals surface area (Å²) in [6.45, 7) is 1.46. The normalized spacial score (nSPS) is 15.1. The molecule has 0 radical (unpaired) electrons. The molecule has 0 aromatic heterocycles. The summed E-state index contributed by atoms with van der Waals surface area (Å²) >= 11 is 0. The van der Waals surface area contributed by atoms with E-state index >= 15 is 0 Å². The molecule has 1 aromatic carbocycles. The highest BCUT2D eigenvalue weighted by Gasteiger charge is 2.16. The van der Waals surface area contributed by atoms with E-state index in [2.05, 4.69) is 17.2 Å². The molecular weight excluding hydrogens is 228 g/mol. The van der Waals surface area contributed by atoms with E-state index in [1.165, 1.54) is 0 Å². The number of carbonyl (C=O) groups excluding carboxylic acids is 2. The molecule has 0 aliphatic carbocycles. The van der Waals surface area contributed by atoms with Crippen molar-refractivity contribution in [2.24, 2.45) is 0 Å². The van der Waals surface area contributed by atoms with Crippen molar-refractivity contribution in [3.63, 3.8) is 0 Å². The second kappa shape index (κ2) is 5.87. The molecule has 0 bridgehead atoms. The van der Waals surface area contributed by atoms with Crippen molar-refractivity contribution in [2.45, 2.75) is 6.42 Å². The van der Waals surface area contributed by atoms with Gasteiger partial charge in [0.25, 0.3) is 5.91 Å². The molecule has 2 rings (SSSR count). The largest absolute Gasteiger partial charge is 0.354 e. The third kappa shape index (κ3) is 3.36. The van der Waals surface area contributed by atoms with E-state index in [0.717, 1.165) is 5.56 Å². The Morgan fingerprint density at radius 2 is 2.00 bits per heavy atom. The monoisotopic (exact) mass is 242 g/mol. The Morgan fingerprint density at radius 3 is 2.78 bits per heavy atom. The highest BCUT2D eigenvalue weighted by atomic mass is 16.2. The Balaban J connectivity index is 2.00. The smallest absolute Gasteiger partial charge is 0.298 e. The lowest BCUT2D eigenvalue weighted by Gasteiger charge is -2.15. The van der Waals surface area contributed by atoms with E-state index in [9.17, 15) is 9.59 Å². The van der Waals surface area contributed by atoms with Crippen LogP contribution in [0.1, 0.15) is 12.0 Å². The summed E-state index contributed by atoms with van der Waals surface area (Å²) in [6, 6.07) is 9.37. The summed E-state index contributed by atoms with van der Waals surface area (Å²) in [4.78, 5) is 24.6. The molecule has 1 fully saturated rings. The molecule has 1 aliphatic rings. The fourth-order valence-electron chi connectivity index (χ4n) is 1.70. The van der Waals surface area contributed by atoms with Gasteiger partial charge in [-0.05, 0) is 12.1 Å². The summed E-state index contributed by atoms with van der Waals surface area (Å²) < 4.78 is 0. The minimum absolute atomic E-state index is 0.0127. The predicted molar refractivity (Wildman–Crippen MR) is 67.5 cm³/mol. The van der Waals surface area contributed by atoms with Gasteiger partial charge in [0.05, 0.1) is 0 Å². The standard InChI is InChI=1S/C14H14N2O2/c17-13-8-10-16(11-9-15-13)14(18)7-6-12-4-2-1-3-5-12/h1-5H,8-11H2,(H,15,17). The van der Waals surface area contributed by atoms with Gasteiger partial charge in [-0.1, -0.05) is 24.1 Å². The van der Waals surface area contributed by atoms with E-state index in [0.29, 0.717) is 26.1 Å². The number of benzene rings is 1. The molecule has 92 valence electrons. The molecule has 4 nitrogen and oxygen atoms in total. The molecule has 1 saturated heterocycles. The average Bonchev–Trinajstić information content (AvgIpc) is 2.62. The van der Waals surface area contributed by atoms with Crippen LogP contribution in [0, 0.1) is 11.8 Å². The van der Waals surface area contributed by atoms with Gasteiger partial charge in [0, 0.05) is 37.5 Å². The minimum atomic E-state index is -0.227. The Hall–Kier alpha value is -2.28. The number of nitrogens with zero attached hydrogens (tertiary/aromatic N) is 1. The van der Waals surface area contributed by atoms with E-state index in [1.54, 1.807) is 4.90 Å². The molecule has 2 amide bonds. The van der Waals surface area contributed by atoms with Gasteiger partial charge in [0.2, 0.25) is 5.91 Å². The lowest BCUT2D eigenvalue weighted by atomic mass is 10.2. The van der Waals surface area contributed by atoms with Crippen LogP contribution in [0.5, 0.6) is 0 Å². The molecule has 1 heterocycles. The van der Waals surface area contributed by atoms with Crippen molar-refractivity contribution in [1.29, 1.82) is 0 Å². The maximum Gasteiger partial charge on any atom is 0.298 e.